The maximum absolute atomic E-state index is 11.2. The minimum atomic E-state index is -3.53. The molecule has 5 nitrogen and oxygen atoms in total. The molecule has 0 aromatic rings. The van der Waals surface area contributed by atoms with Crippen LogP contribution in [0.2, 0.25) is 0 Å². The smallest absolute Gasteiger partial charge is 0.286 e. The molecular weight excluding hydrogens is 221 g/mol. The molecule has 0 saturated carbocycles. The molecule has 1 atom stereocenters. The van der Waals surface area contributed by atoms with Gasteiger partial charge in [0, 0.05) is 0 Å². The zero-order valence-corrected chi connectivity index (χ0v) is 9.24. The van der Waals surface area contributed by atoms with Crippen molar-refractivity contribution < 1.29 is 17.0 Å². The molecule has 0 aromatic heterocycles. The summed E-state index contributed by atoms with van der Waals surface area (Å²) in [5.41, 5.74) is 0. The van der Waals surface area contributed by atoms with Gasteiger partial charge >= 0.3 is 7.82 Å². The van der Waals surface area contributed by atoms with Crippen LogP contribution in [-0.2, 0) is 17.0 Å². The zero-order valence-electron chi connectivity index (χ0n) is 6.63. The van der Waals surface area contributed by atoms with Crippen molar-refractivity contribution in [1.82, 2.24) is 0 Å². The Kier molecular flexibility index (Phi) is 7.66. The standard InChI is InChI=1S/C4H12NO4PS2/c1-2-3-4-7-10(6,8-11)9-12-5/h11H,2-5H2,1H3. The second kappa shape index (κ2) is 7.20. The van der Waals surface area contributed by atoms with E-state index >= 15 is 0 Å². The van der Waals surface area contributed by atoms with Crippen molar-refractivity contribution in [1.29, 1.82) is 0 Å². The van der Waals surface area contributed by atoms with Gasteiger partial charge in [-0.05, 0) is 19.3 Å². The van der Waals surface area contributed by atoms with Crippen molar-refractivity contribution in [2.75, 3.05) is 6.61 Å². The van der Waals surface area contributed by atoms with Crippen LogP contribution in [0.3, 0.4) is 0 Å². The molecule has 0 aromatic carbocycles. The van der Waals surface area contributed by atoms with E-state index in [2.05, 4.69) is 20.8 Å². The van der Waals surface area contributed by atoms with Crippen molar-refractivity contribution in [2.24, 2.45) is 5.14 Å². The summed E-state index contributed by atoms with van der Waals surface area (Å²) in [6.45, 7) is 2.28. The summed E-state index contributed by atoms with van der Waals surface area (Å²) in [6, 6.07) is 0. The Bertz CT molecular complexity index is 158. The third-order valence-corrected chi connectivity index (χ3v) is 3.35. The fourth-order valence-electron chi connectivity index (χ4n) is 0.432. The molecule has 0 spiro atoms. The number of thiol groups is 1. The molecule has 0 heterocycles. The first-order chi connectivity index (χ1) is 5.68. The normalized spacial score (nSPS) is 15.9. The maximum Gasteiger partial charge on any atom is 0.498 e. The molecular formula is C4H12NO4PS2. The van der Waals surface area contributed by atoms with Gasteiger partial charge in [0.25, 0.3) is 0 Å². The van der Waals surface area contributed by atoms with E-state index in [0.717, 1.165) is 12.8 Å². The summed E-state index contributed by atoms with van der Waals surface area (Å²) >= 11 is 3.78. The lowest BCUT2D eigenvalue weighted by atomic mass is 10.4. The molecule has 1 unspecified atom stereocenters. The molecule has 74 valence electrons. The molecule has 0 aliphatic heterocycles. The summed E-state index contributed by atoms with van der Waals surface area (Å²) < 4.78 is 24.7. The highest BCUT2D eigenvalue weighted by molar-refractivity contribution is 7.96. The fraction of sp³-hybridized carbons (Fsp3) is 1.00. The minimum Gasteiger partial charge on any atom is -0.286 e. The quantitative estimate of drug-likeness (QED) is 0.231. The molecule has 0 aliphatic rings. The van der Waals surface area contributed by atoms with Crippen molar-refractivity contribution in [3.05, 3.63) is 0 Å². The number of unbranched alkanes of at least 4 members (excludes halogenated alkanes) is 1. The second-order valence-electron chi connectivity index (χ2n) is 1.89. The van der Waals surface area contributed by atoms with E-state index < -0.39 is 7.82 Å². The Labute approximate surface area is 81.9 Å². The van der Waals surface area contributed by atoms with Crippen LogP contribution in [0.4, 0.5) is 0 Å². The van der Waals surface area contributed by atoms with E-state index in [1.807, 2.05) is 6.92 Å². The average Bonchev–Trinajstić information content (AvgIpc) is 2.06. The molecule has 0 aliphatic carbocycles. The molecule has 0 rings (SSSR count). The van der Waals surface area contributed by atoms with Gasteiger partial charge < -0.3 is 0 Å². The lowest BCUT2D eigenvalue weighted by Crippen LogP contribution is -1.95. The van der Waals surface area contributed by atoms with Crippen LogP contribution < -0.4 is 5.14 Å². The van der Waals surface area contributed by atoms with Crippen LogP contribution >= 0.6 is 33.0 Å². The topological polar surface area (TPSA) is 70.8 Å². The van der Waals surface area contributed by atoms with Gasteiger partial charge in [-0.25, -0.2) is 8.54 Å². The second-order valence-corrected chi connectivity index (χ2v) is 4.48. The molecule has 0 bridgehead atoms. The van der Waals surface area contributed by atoms with Crippen molar-refractivity contribution >= 4 is 33.0 Å². The number of nitrogens with two attached hydrogens (primary N) is 1. The third-order valence-electron chi connectivity index (χ3n) is 0.982. The Balaban J connectivity index is 3.72. The predicted molar refractivity (Wildman–Crippen MR) is 51.4 cm³/mol. The van der Waals surface area contributed by atoms with Gasteiger partial charge in [0.15, 0.2) is 0 Å². The highest BCUT2D eigenvalue weighted by Crippen LogP contribution is 2.52. The van der Waals surface area contributed by atoms with Crippen LogP contribution in [0.25, 0.3) is 0 Å². The summed E-state index contributed by atoms with van der Waals surface area (Å²) in [5.74, 6) is 0. The first-order valence-corrected chi connectivity index (χ1v) is 5.94. The van der Waals surface area contributed by atoms with E-state index in [1.54, 1.807) is 0 Å². The van der Waals surface area contributed by atoms with E-state index in [9.17, 15) is 4.57 Å². The molecule has 12 heavy (non-hydrogen) atoms. The minimum absolute atomic E-state index is 0.300. The Morgan fingerprint density at radius 1 is 1.67 bits per heavy atom. The van der Waals surface area contributed by atoms with Crippen LogP contribution in [0.15, 0.2) is 0 Å². The van der Waals surface area contributed by atoms with Crippen LogP contribution in [0.5, 0.6) is 0 Å². The van der Waals surface area contributed by atoms with Gasteiger partial charge in [-0.3, -0.25) is 9.66 Å². The highest BCUT2D eigenvalue weighted by atomic mass is 32.2. The van der Waals surface area contributed by atoms with E-state index in [4.69, 9.17) is 9.66 Å². The lowest BCUT2D eigenvalue weighted by molar-refractivity contribution is 0.224. The summed E-state index contributed by atoms with van der Waals surface area (Å²) in [6.07, 6.45) is 1.71. The zero-order chi connectivity index (χ0) is 9.45. The van der Waals surface area contributed by atoms with E-state index in [1.165, 1.54) is 0 Å². The summed E-state index contributed by atoms with van der Waals surface area (Å²) in [5, 5.41) is 4.92. The Hall–Kier alpha value is 0.770. The van der Waals surface area contributed by atoms with E-state index in [0.29, 0.717) is 18.8 Å². The molecule has 0 fully saturated rings. The van der Waals surface area contributed by atoms with Crippen LogP contribution in [0, 0.1) is 0 Å². The van der Waals surface area contributed by atoms with Gasteiger partial charge in [0.1, 0.15) is 0 Å². The number of hydrogen-bond acceptors (Lipinski definition) is 7. The van der Waals surface area contributed by atoms with E-state index in [-0.39, 0.29) is 0 Å². The third kappa shape index (κ3) is 5.42. The maximum atomic E-state index is 11.2. The molecule has 0 saturated heterocycles. The molecule has 0 radical (unpaired) electrons. The van der Waals surface area contributed by atoms with Gasteiger partial charge in [-0.1, -0.05) is 13.3 Å². The largest absolute Gasteiger partial charge is 0.498 e. The van der Waals surface area contributed by atoms with Crippen LogP contribution in [0.1, 0.15) is 19.8 Å². The first kappa shape index (κ1) is 12.8. The average molecular weight is 233 g/mol. The number of phosphoric acid groups is 1. The highest BCUT2D eigenvalue weighted by Gasteiger charge is 2.25. The molecule has 0 amide bonds. The van der Waals surface area contributed by atoms with Crippen molar-refractivity contribution in [3.63, 3.8) is 0 Å². The Morgan fingerprint density at radius 3 is 2.75 bits per heavy atom. The molecule has 2 N–H and O–H groups in total. The van der Waals surface area contributed by atoms with Crippen molar-refractivity contribution in [2.45, 2.75) is 19.8 Å². The van der Waals surface area contributed by atoms with Crippen LogP contribution in [-0.4, -0.2) is 6.61 Å². The Morgan fingerprint density at radius 2 is 2.33 bits per heavy atom. The summed E-state index contributed by atoms with van der Waals surface area (Å²) in [4.78, 5) is 0. The first-order valence-electron chi connectivity index (χ1n) is 3.31. The molecule has 8 heteroatoms. The fourth-order valence-corrected chi connectivity index (χ4v) is 1.92. The van der Waals surface area contributed by atoms with Gasteiger partial charge in [-0.15, -0.1) is 0 Å². The predicted octanol–water partition coefficient (Wildman–Crippen LogP) is 2.31. The number of hydrogen-bond donors (Lipinski definition) is 2. The number of rotatable bonds is 7. The monoisotopic (exact) mass is 233 g/mol. The van der Waals surface area contributed by atoms with Gasteiger partial charge in [0.2, 0.25) is 0 Å². The summed E-state index contributed by atoms with van der Waals surface area (Å²) in [7, 11) is -3.53. The van der Waals surface area contributed by atoms with Crippen molar-refractivity contribution in [3.8, 4) is 0 Å². The lowest BCUT2D eigenvalue weighted by Gasteiger charge is -2.11. The van der Waals surface area contributed by atoms with Gasteiger partial charge in [-0.2, -0.15) is 3.97 Å². The SMILES string of the molecule is CCCCOP(=O)(OS)OSN. The van der Waals surface area contributed by atoms with Gasteiger partial charge in [0.05, 0.1) is 18.8 Å².